The molecule has 13 heteroatoms. The van der Waals surface area contributed by atoms with Crippen LogP contribution in [0.1, 0.15) is 30.9 Å². The maximum Gasteiger partial charge on any atom is 0.328 e. The lowest BCUT2D eigenvalue weighted by Gasteiger charge is -2.33. The summed E-state index contributed by atoms with van der Waals surface area (Å²) in [5, 5.41) is 9.03. The number of aromatic nitrogens is 4. The monoisotopic (exact) mass is 544 g/mol. The molecule has 1 fully saturated rings. The van der Waals surface area contributed by atoms with Gasteiger partial charge in [0.05, 0.1) is 17.9 Å². The van der Waals surface area contributed by atoms with E-state index in [4.69, 9.17) is 4.74 Å². The maximum atomic E-state index is 13.4. The highest BCUT2D eigenvalue weighted by molar-refractivity contribution is 8.01. The molecule has 0 radical (unpaired) electrons. The van der Waals surface area contributed by atoms with Crippen molar-refractivity contribution < 1.29 is 19.1 Å². The third kappa shape index (κ3) is 4.76. The second kappa shape index (κ2) is 10.3. The van der Waals surface area contributed by atoms with Crippen molar-refractivity contribution in [3.8, 4) is 11.8 Å². The van der Waals surface area contributed by atoms with Crippen LogP contribution >= 0.6 is 11.8 Å². The number of hydrogen-bond donors (Lipinski definition) is 3. The number of nitrogens with one attached hydrogen (secondary N) is 3. The Balaban J connectivity index is 1.21. The van der Waals surface area contributed by atoms with Crippen LogP contribution in [0.2, 0.25) is 0 Å². The van der Waals surface area contributed by atoms with E-state index < -0.39 is 17.3 Å². The van der Waals surface area contributed by atoms with Crippen molar-refractivity contribution >= 4 is 41.1 Å². The Hall–Kier alpha value is -4.52. The average Bonchev–Trinajstić information content (AvgIpc) is 3.54. The normalized spacial score (nSPS) is 23.0. The quantitative estimate of drug-likeness (QED) is 0.381. The van der Waals surface area contributed by atoms with E-state index in [1.165, 1.54) is 28.9 Å². The van der Waals surface area contributed by atoms with E-state index in [-0.39, 0.29) is 29.9 Å². The summed E-state index contributed by atoms with van der Waals surface area (Å²) in [4.78, 5) is 57.0. The number of pyridine rings is 2. The highest BCUT2D eigenvalue weighted by Gasteiger charge is 2.47. The number of carbonyl (C=O) groups is 3. The average molecular weight is 545 g/mol. The number of hydrogen-bond acceptors (Lipinski definition) is 9. The first-order chi connectivity index (χ1) is 19.0. The molecule has 5 heterocycles. The van der Waals surface area contributed by atoms with Crippen LogP contribution in [-0.4, -0.2) is 55.1 Å². The van der Waals surface area contributed by atoms with E-state index >= 15 is 0 Å². The molecule has 12 nitrogen and oxygen atoms in total. The van der Waals surface area contributed by atoms with Gasteiger partial charge in [-0.05, 0) is 49.6 Å². The minimum absolute atomic E-state index is 0.162. The number of carbonyl (C=O) groups excluding carboxylic acids is 3. The molecule has 3 aromatic rings. The molecule has 6 rings (SSSR count). The van der Waals surface area contributed by atoms with E-state index in [9.17, 15) is 14.4 Å². The second-order valence-electron chi connectivity index (χ2n) is 9.20. The summed E-state index contributed by atoms with van der Waals surface area (Å²) in [5.74, 6) is 0.321. The second-order valence-corrected chi connectivity index (χ2v) is 10.3. The zero-order valence-electron chi connectivity index (χ0n) is 20.6. The van der Waals surface area contributed by atoms with Crippen LogP contribution in [0.25, 0.3) is 0 Å². The van der Waals surface area contributed by atoms with Gasteiger partial charge in [0.15, 0.2) is 0 Å². The highest BCUT2D eigenvalue weighted by atomic mass is 32.2. The van der Waals surface area contributed by atoms with Crippen LogP contribution < -0.4 is 25.6 Å². The predicted octanol–water partition coefficient (Wildman–Crippen LogP) is 2.78. The lowest BCUT2D eigenvalue weighted by atomic mass is 10.00. The van der Waals surface area contributed by atoms with Crippen LogP contribution in [0.3, 0.4) is 0 Å². The minimum Gasteiger partial charge on any atom is -0.423 e. The third-order valence-electron chi connectivity index (χ3n) is 6.82. The van der Waals surface area contributed by atoms with Crippen molar-refractivity contribution in [1.82, 2.24) is 35.9 Å². The first kappa shape index (κ1) is 24.8. The molecule has 4 atom stereocenters. The van der Waals surface area contributed by atoms with Gasteiger partial charge < -0.3 is 20.7 Å². The fourth-order valence-corrected chi connectivity index (χ4v) is 6.31. The molecule has 3 aromatic heterocycles. The van der Waals surface area contributed by atoms with Gasteiger partial charge in [-0.15, -0.1) is 0 Å². The summed E-state index contributed by atoms with van der Waals surface area (Å²) in [7, 11) is 0. The summed E-state index contributed by atoms with van der Waals surface area (Å²) in [5.41, 5.74) is 1.38. The van der Waals surface area contributed by atoms with Crippen molar-refractivity contribution in [2.75, 3.05) is 4.90 Å². The third-order valence-corrected chi connectivity index (χ3v) is 8.11. The Labute approximate surface area is 227 Å². The van der Waals surface area contributed by atoms with Crippen LogP contribution in [0.4, 0.5) is 16.3 Å². The maximum absolute atomic E-state index is 13.4. The molecule has 3 aliphatic rings. The molecular formula is C26H24N8O4S. The SMILES string of the molecule is C=CC(=O)N[C@H]1CCC[C@H]1NC(=O)C1Sc2nccc3c2C1NC(=O)N3c1ccc(Oc2ncccn2)cn1. The van der Waals surface area contributed by atoms with Gasteiger partial charge in [-0.25, -0.2) is 29.6 Å². The molecule has 0 bridgehead atoms. The molecule has 4 amide bonds. The van der Waals surface area contributed by atoms with Gasteiger partial charge in [0, 0.05) is 36.2 Å². The topological polar surface area (TPSA) is 151 Å². The van der Waals surface area contributed by atoms with Gasteiger partial charge in [-0.1, -0.05) is 18.3 Å². The van der Waals surface area contributed by atoms with Crippen molar-refractivity contribution in [2.24, 2.45) is 0 Å². The van der Waals surface area contributed by atoms with E-state index in [1.807, 2.05) is 0 Å². The molecule has 3 N–H and O–H groups in total. The number of amides is 4. The first-order valence-electron chi connectivity index (χ1n) is 12.4. The molecule has 2 aliphatic heterocycles. The van der Waals surface area contributed by atoms with E-state index in [0.717, 1.165) is 24.8 Å². The largest absolute Gasteiger partial charge is 0.423 e. The Morgan fingerprint density at radius 1 is 1.08 bits per heavy atom. The Kier molecular flexibility index (Phi) is 6.57. The minimum atomic E-state index is -0.606. The number of rotatable bonds is 7. The lowest BCUT2D eigenvalue weighted by molar-refractivity contribution is -0.122. The molecule has 39 heavy (non-hydrogen) atoms. The van der Waals surface area contributed by atoms with Gasteiger partial charge in [0.1, 0.15) is 21.8 Å². The fraction of sp³-hybridized carbons (Fsp3) is 0.269. The Morgan fingerprint density at radius 2 is 1.87 bits per heavy atom. The zero-order valence-corrected chi connectivity index (χ0v) is 21.4. The van der Waals surface area contributed by atoms with Gasteiger partial charge in [0.2, 0.25) is 11.8 Å². The van der Waals surface area contributed by atoms with Crippen LogP contribution in [0, 0.1) is 0 Å². The lowest BCUT2D eigenvalue weighted by Crippen LogP contribution is -2.53. The standard InChI is InChI=1S/C26H24N8O4S/c1-2-19(35)31-15-5-3-6-16(15)32-23(36)22-21-20-17(9-12-27-24(20)39-22)34(26(37)33-21)18-8-7-14(13-30-18)38-25-28-10-4-11-29-25/h2,4,7-13,15-16,21-22H,1,3,5-6H2,(H,31,35)(H,32,36)(H,33,37)/t15-,16+,21?,22?/m0/s1. The van der Waals surface area contributed by atoms with Crippen molar-refractivity contribution in [3.05, 3.63) is 67.3 Å². The van der Waals surface area contributed by atoms with Crippen LogP contribution in [0.5, 0.6) is 11.8 Å². The number of nitrogens with zero attached hydrogens (tertiary/aromatic N) is 5. The highest BCUT2D eigenvalue weighted by Crippen LogP contribution is 2.50. The molecular weight excluding hydrogens is 520 g/mol. The van der Waals surface area contributed by atoms with Crippen molar-refractivity contribution in [2.45, 2.75) is 47.7 Å². The number of urea groups is 1. The van der Waals surface area contributed by atoms with E-state index in [2.05, 4.69) is 42.5 Å². The van der Waals surface area contributed by atoms with Gasteiger partial charge in [-0.3, -0.25) is 9.59 Å². The van der Waals surface area contributed by atoms with E-state index in [1.54, 1.807) is 42.9 Å². The number of ether oxygens (including phenoxy) is 1. The summed E-state index contributed by atoms with van der Waals surface area (Å²) in [6, 6.07) is 5.63. The van der Waals surface area contributed by atoms with Gasteiger partial charge in [0.25, 0.3) is 0 Å². The molecule has 198 valence electrons. The van der Waals surface area contributed by atoms with Crippen molar-refractivity contribution in [3.63, 3.8) is 0 Å². The molecule has 2 unspecified atom stereocenters. The fourth-order valence-electron chi connectivity index (χ4n) is 5.07. The molecule has 0 saturated heterocycles. The smallest absolute Gasteiger partial charge is 0.328 e. The summed E-state index contributed by atoms with van der Waals surface area (Å²) >= 11 is 1.31. The number of thioether (sulfide) groups is 1. The molecule has 0 spiro atoms. The zero-order chi connectivity index (χ0) is 26.9. The van der Waals surface area contributed by atoms with Crippen molar-refractivity contribution in [1.29, 1.82) is 0 Å². The molecule has 1 aliphatic carbocycles. The predicted molar refractivity (Wildman–Crippen MR) is 142 cm³/mol. The summed E-state index contributed by atoms with van der Waals surface area (Å²) < 4.78 is 5.60. The summed E-state index contributed by atoms with van der Waals surface area (Å²) in [6.45, 7) is 3.50. The first-order valence-corrected chi connectivity index (χ1v) is 13.3. The molecule has 1 saturated carbocycles. The van der Waals surface area contributed by atoms with Gasteiger partial charge >= 0.3 is 12.0 Å². The van der Waals surface area contributed by atoms with Crippen LogP contribution in [0.15, 0.2) is 66.7 Å². The van der Waals surface area contributed by atoms with Gasteiger partial charge in [-0.2, -0.15) is 0 Å². The van der Waals surface area contributed by atoms with Crippen LogP contribution in [-0.2, 0) is 9.59 Å². The molecule has 0 aromatic carbocycles. The number of anilines is 2. The Morgan fingerprint density at radius 3 is 2.62 bits per heavy atom. The van der Waals surface area contributed by atoms with E-state index in [0.29, 0.717) is 22.3 Å². The Bertz CT molecular complexity index is 1440. The summed E-state index contributed by atoms with van der Waals surface area (Å²) in [6.07, 6.45) is 9.90.